The van der Waals surface area contributed by atoms with Crippen LogP contribution in [0.3, 0.4) is 0 Å². The fraction of sp³-hybridized carbons (Fsp3) is 0.263. The first-order valence-electron chi connectivity index (χ1n) is 7.44. The molecule has 0 aromatic heterocycles. The van der Waals surface area contributed by atoms with E-state index in [1.807, 2.05) is 48.5 Å². The zero-order valence-corrected chi connectivity index (χ0v) is 12.4. The fourth-order valence-electron chi connectivity index (χ4n) is 2.33. The number of aromatic hydroxyl groups is 1. The maximum Gasteiger partial charge on any atom is 0.122 e. The van der Waals surface area contributed by atoms with Gasteiger partial charge in [-0.15, -0.1) is 0 Å². The number of phenolic OH excluding ortho intramolecular Hbond substituents is 1. The van der Waals surface area contributed by atoms with Crippen molar-refractivity contribution in [2.24, 2.45) is 0 Å². The number of unbranched alkanes of at least 4 members (excludes halogenated alkanes) is 1. The van der Waals surface area contributed by atoms with E-state index in [-0.39, 0.29) is 5.75 Å². The molecule has 0 aliphatic rings. The summed E-state index contributed by atoms with van der Waals surface area (Å²) in [7, 11) is 0. The molecule has 0 saturated heterocycles. The third-order valence-corrected chi connectivity index (χ3v) is 3.56. The van der Waals surface area contributed by atoms with E-state index in [4.69, 9.17) is 0 Å². The maximum absolute atomic E-state index is 10.6. The lowest BCUT2D eigenvalue weighted by atomic mass is 9.95. The molecule has 110 valence electrons. The summed E-state index contributed by atoms with van der Waals surface area (Å²) in [5.41, 5.74) is 2.57. The molecule has 0 bridgehead atoms. The number of hydrogen-bond donors (Lipinski definition) is 2. The summed E-state index contributed by atoms with van der Waals surface area (Å²) in [5.74, 6) is 0.242. The molecule has 0 amide bonds. The van der Waals surface area contributed by atoms with E-state index < -0.39 is 6.10 Å². The van der Waals surface area contributed by atoms with Gasteiger partial charge >= 0.3 is 0 Å². The maximum atomic E-state index is 10.6. The Kier molecular flexibility index (Phi) is 5.59. The lowest BCUT2D eigenvalue weighted by Gasteiger charge is -2.16. The molecular weight excluding hydrogens is 260 g/mol. The van der Waals surface area contributed by atoms with Gasteiger partial charge in [-0.2, -0.15) is 0 Å². The minimum absolute atomic E-state index is 0.242. The van der Waals surface area contributed by atoms with Gasteiger partial charge in [0.25, 0.3) is 0 Å². The van der Waals surface area contributed by atoms with Gasteiger partial charge in [0.15, 0.2) is 0 Å². The van der Waals surface area contributed by atoms with Crippen LogP contribution in [-0.2, 0) is 0 Å². The van der Waals surface area contributed by atoms with Gasteiger partial charge in [0.1, 0.15) is 11.9 Å². The summed E-state index contributed by atoms with van der Waals surface area (Å²) in [6, 6.07) is 16.9. The summed E-state index contributed by atoms with van der Waals surface area (Å²) < 4.78 is 0. The quantitative estimate of drug-likeness (QED) is 0.806. The first-order chi connectivity index (χ1) is 10.2. The van der Waals surface area contributed by atoms with Crippen molar-refractivity contribution in [1.29, 1.82) is 0 Å². The number of phenols is 1. The van der Waals surface area contributed by atoms with Gasteiger partial charge < -0.3 is 10.2 Å². The molecule has 0 radical (unpaired) electrons. The number of hydrogen-bond acceptors (Lipinski definition) is 2. The zero-order valence-electron chi connectivity index (χ0n) is 12.4. The van der Waals surface area contributed by atoms with E-state index in [1.165, 1.54) is 0 Å². The normalized spacial score (nSPS) is 13.1. The van der Waals surface area contributed by atoms with Gasteiger partial charge in [-0.05, 0) is 36.1 Å². The Bertz CT molecular complexity index is 588. The molecule has 0 aliphatic carbocycles. The van der Waals surface area contributed by atoms with Crippen LogP contribution in [-0.4, -0.2) is 10.2 Å². The Balaban J connectivity index is 2.32. The van der Waals surface area contributed by atoms with Gasteiger partial charge in [-0.1, -0.05) is 61.9 Å². The first kappa shape index (κ1) is 15.3. The van der Waals surface area contributed by atoms with Crippen molar-refractivity contribution in [3.8, 4) is 5.75 Å². The molecule has 2 aromatic carbocycles. The van der Waals surface area contributed by atoms with Gasteiger partial charge in [-0.3, -0.25) is 0 Å². The highest BCUT2D eigenvalue weighted by molar-refractivity contribution is 5.60. The molecule has 2 nitrogen and oxygen atoms in total. The average Bonchev–Trinajstić information content (AvgIpc) is 2.53. The van der Waals surface area contributed by atoms with Crippen molar-refractivity contribution in [3.05, 3.63) is 71.3 Å². The molecule has 1 atom stereocenters. The molecule has 0 heterocycles. The summed E-state index contributed by atoms with van der Waals surface area (Å²) in [4.78, 5) is 0. The first-order valence-corrected chi connectivity index (χ1v) is 7.44. The fourth-order valence-corrected chi connectivity index (χ4v) is 2.33. The molecule has 2 heteroatoms. The summed E-state index contributed by atoms with van der Waals surface area (Å²) in [6.45, 7) is 2.13. The van der Waals surface area contributed by atoms with E-state index >= 15 is 0 Å². The molecule has 0 aliphatic heterocycles. The highest BCUT2D eigenvalue weighted by atomic mass is 16.3. The highest BCUT2D eigenvalue weighted by Gasteiger charge is 2.13. The SMILES string of the molecule is CCCC/C(=C\c1ccccc1O)C(O)c1ccccc1. The number of aliphatic hydroxyl groups excluding tert-OH is 1. The minimum atomic E-state index is -0.627. The van der Waals surface area contributed by atoms with Crippen LogP contribution < -0.4 is 0 Å². The Morgan fingerprint density at radius 1 is 1.05 bits per heavy atom. The molecule has 21 heavy (non-hydrogen) atoms. The second-order valence-corrected chi connectivity index (χ2v) is 5.19. The molecule has 2 aromatic rings. The molecule has 2 N–H and O–H groups in total. The van der Waals surface area contributed by atoms with Crippen LogP contribution >= 0.6 is 0 Å². The number of rotatable bonds is 6. The topological polar surface area (TPSA) is 40.5 Å². The van der Waals surface area contributed by atoms with Crippen LogP contribution in [0.5, 0.6) is 5.75 Å². The third-order valence-electron chi connectivity index (χ3n) is 3.56. The van der Waals surface area contributed by atoms with E-state index in [0.29, 0.717) is 0 Å². The standard InChI is InChI=1S/C19H22O2/c1-2-3-9-17(14-16-12-7-8-13-18(16)20)19(21)15-10-5-4-6-11-15/h4-8,10-14,19-21H,2-3,9H2,1H3/b17-14+. The van der Waals surface area contributed by atoms with E-state index in [0.717, 1.165) is 36.0 Å². The van der Waals surface area contributed by atoms with Crippen LogP contribution in [0.15, 0.2) is 60.2 Å². The van der Waals surface area contributed by atoms with Crippen molar-refractivity contribution in [1.82, 2.24) is 0 Å². The van der Waals surface area contributed by atoms with Crippen LogP contribution in [0.2, 0.25) is 0 Å². The number of benzene rings is 2. The third kappa shape index (κ3) is 4.20. The van der Waals surface area contributed by atoms with E-state index in [9.17, 15) is 10.2 Å². The van der Waals surface area contributed by atoms with Crippen LogP contribution in [0, 0.1) is 0 Å². The second kappa shape index (κ2) is 7.65. The van der Waals surface area contributed by atoms with Crippen molar-refractivity contribution >= 4 is 6.08 Å². The van der Waals surface area contributed by atoms with E-state index in [1.54, 1.807) is 12.1 Å². The van der Waals surface area contributed by atoms with Crippen LogP contribution in [0.4, 0.5) is 0 Å². The molecule has 1 unspecified atom stereocenters. The Morgan fingerprint density at radius 2 is 1.71 bits per heavy atom. The molecule has 2 rings (SSSR count). The largest absolute Gasteiger partial charge is 0.507 e. The smallest absolute Gasteiger partial charge is 0.122 e. The lowest BCUT2D eigenvalue weighted by Crippen LogP contribution is -2.02. The van der Waals surface area contributed by atoms with Crippen molar-refractivity contribution in [2.45, 2.75) is 32.3 Å². The molecular formula is C19H22O2. The van der Waals surface area contributed by atoms with Crippen molar-refractivity contribution < 1.29 is 10.2 Å². The predicted octanol–water partition coefficient (Wildman–Crippen LogP) is 4.70. The highest BCUT2D eigenvalue weighted by Crippen LogP contribution is 2.29. The van der Waals surface area contributed by atoms with E-state index in [2.05, 4.69) is 6.92 Å². The Hall–Kier alpha value is -2.06. The molecule has 0 fully saturated rings. The summed E-state index contributed by atoms with van der Waals surface area (Å²) in [5, 5.41) is 20.5. The van der Waals surface area contributed by atoms with Crippen LogP contribution in [0.25, 0.3) is 6.08 Å². The summed E-state index contributed by atoms with van der Waals surface area (Å²) in [6.07, 6.45) is 4.18. The second-order valence-electron chi connectivity index (χ2n) is 5.19. The van der Waals surface area contributed by atoms with Gasteiger partial charge in [0, 0.05) is 5.56 Å². The van der Waals surface area contributed by atoms with Gasteiger partial charge in [0.2, 0.25) is 0 Å². The number of para-hydroxylation sites is 1. The number of aliphatic hydroxyl groups is 1. The van der Waals surface area contributed by atoms with Crippen molar-refractivity contribution in [2.75, 3.05) is 0 Å². The summed E-state index contributed by atoms with van der Waals surface area (Å²) >= 11 is 0. The molecule has 0 spiro atoms. The predicted molar refractivity (Wildman–Crippen MR) is 87.0 cm³/mol. The monoisotopic (exact) mass is 282 g/mol. The van der Waals surface area contributed by atoms with Crippen molar-refractivity contribution in [3.63, 3.8) is 0 Å². The van der Waals surface area contributed by atoms with Gasteiger partial charge in [-0.25, -0.2) is 0 Å². The lowest BCUT2D eigenvalue weighted by molar-refractivity contribution is 0.212. The molecule has 0 saturated carbocycles. The zero-order chi connectivity index (χ0) is 15.1. The Morgan fingerprint density at radius 3 is 2.38 bits per heavy atom. The average molecular weight is 282 g/mol. The van der Waals surface area contributed by atoms with Crippen LogP contribution in [0.1, 0.15) is 43.4 Å². The van der Waals surface area contributed by atoms with Gasteiger partial charge in [0.05, 0.1) is 0 Å². The Labute approximate surface area is 126 Å². The minimum Gasteiger partial charge on any atom is -0.507 e.